The second-order valence-electron chi connectivity index (χ2n) is 6.19. The summed E-state index contributed by atoms with van der Waals surface area (Å²) < 4.78 is 31.4. The number of hydrogen-bond donors (Lipinski definition) is 1. The number of amides is 2. The Kier molecular flexibility index (Phi) is 5.71. The van der Waals surface area contributed by atoms with E-state index in [9.17, 15) is 18.4 Å². The van der Waals surface area contributed by atoms with Gasteiger partial charge < -0.3 is 14.7 Å². The molecule has 1 aromatic heterocycles. The first-order valence-corrected chi connectivity index (χ1v) is 8.60. The van der Waals surface area contributed by atoms with Crippen molar-refractivity contribution in [2.45, 2.75) is 6.92 Å². The van der Waals surface area contributed by atoms with Gasteiger partial charge >= 0.3 is 0 Å². The van der Waals surface area contributed by atoms with Crippen LogP contribution in [0.25, 0.3) is 0 Å². The number of benzene rings is 1. The second kappa shape index (κ2) is 8.01. The lowest BCUT2D eigenvalue weighted by Gasteiger charge is -2.34. The number of piperazine rings is 1. The van der Waals surface area contributed by atoms with Crippen molar-refractivity contribution < 1.29 is 22.9 Å². The van der Waals surface area contributed by atoms with E-state index in [1.165, 1.54) is 4.90 Å². The first-order chi connectivity index (χ1) is 12.8. The molecule has 0 unspecified atom stereocenters. The van der Waals surface area contributed by atoms with E-state index in [4.69, 9.17) is 16.1 Å². The Morgan fingerprint density at radius 3 is 2.48 bits per heavy atom. The Morgan fingerprint density at radius 2 is 1.85 bits per heavy atom. The van der Waals surface area contributed by atoms with E-state index in [1.54, 1.807) is 13.0 Å². The van der Waals surface area contributed by atoms with Gasteiger partial charge in [-0.25, -0.2) is 8.78 Å². The smallest absolute Gasteiger partial charge is 0.255 e. The van der Waals surface area contributed by atoms with Crippen LogP contribution in [0.2, 0.25) is 5.02 Å². The summed E-state index contributed by atoms with van der Waals surface area (Å²) >= 11 is 5.86. The molecule has 0 radical (unpaired) electrons. The number of nitrogens with zero attached hydrogens (tertiary/aromatic N) is 3. The Bertz CT molecular complexity index is 866. The molecule has 1 saturated heterocycles. The molecule has 2 aromatic rings. The standard InChI is InChI=1S/C17H17ClF2N4O3/c1-10-6-15(22-27-10)21-16(25)9-23-2-4-24(5-3-23)17(26)11-7-13(19)14(20)8-12(11)18/h6-8H,2-5,9H2,1H3,(H,21,22,25). The third-order valence-electron chi connectivity index (χ3n) is 4.16. The Morgan fingerprint density at radius 1 is 1.19 bits per heavy atom. The monoisotopic (exact) mass is 398 g/mol. The highest BCUT2D eigenvalue weighted by atomic mass is 35.5. The largest absolute Gasteiger partial charge is 0.360 e. The number of carbonyl (C=O) groups is 2. The summed E-state index contributed by atoms with van der Waals surface area (Å²) in [4.78, 5) is 27.9. The highest BCUT2D eigenvalue weighted by Crippen LogP contribution is 2.22. The highest BCUT2D eigenvalue weighted by molar-refractivity contribution is 6.33. The molecule has 1 aliphatic rings. The SMILES string of the molecule is Cc1cc(NC(=O)CN2CCN(C(=O)c3cc(F)c(F)cc3Cl)CC2)no1. The van der Waals surface area contributed by atoms with Crippen LogP contribution >= 0.6 is 11.6 Å². The lowest BCUT2D eigenvalue weighted by atomic mass is 10.1. The minimum atomic E-state index is -1.12. The number of nitrogens with one attached hydrogen (secondary N) is 1. The van der Waals surface area contributed by atoms with Crippen molar-refractivity contribution in [3.05, 3.63) is 46.2 Å². The van der Waals surface area contributed by atoms with Crippen molar-refractivity contribution >= 4 is 29.2 Å². The van der Waals surface area contributed by atoms with E-state index < -0.39 is 17.5 Å². The molecule has 0 spiro atoms. The number of anilines is 1. The molecule has 1 N–H and O–H groups in total. The van der Waals surface area contributed by atoms with Crippen LogP contribution < -0.4 is 5.32 Å². The first-order valence-electron chi connectivity index (χ1n) is 8.23. The fourth-order valence-electron chi connectivity index (χ4n) is 2.78. The van der Waals surface area contributed by atoms with Gasteiger partial charge in [0.15, 0.2) is 17.5 Å². The predicted octanol–water partition coefficient (Wildman–Crippen LogP) is 2.31. The van der Waals surface area contributed by atoms with E-state index in [2.05, 4.69) is 10.5 Å². The van der Waals surface area contributed by atoms with Crippen molar-refractivity contribution in [2.24, 2.45) is 0 Å². The van der Waals surface area contributed by atoms with Gasteiger partial charge in [-0.3, -0.25) is 14.5 Å². The molecule has 3 rings (SSSR count). The van der Waals surface area contributed by atoms with Crippen LogP contribution in [-0.2, 0) is 4.79 Å². The van der Waals surface area contributed by atoms with Crippen LogP contribution in [-0.4, -0.2) is 59.5 Å². The average molecular weight is 399 g/mol. The fourth-order valence-corrected chi connectivity index (χ4v) is 3.01. The van der Waals surface area contributed by atoms with Crippen LogP contribution in [0.4, 0.5) is 14.6 Å². The van der Waals surface area contributed by atoms with Crippen molar-refractivity contribution in [3.63, 3.8) is 0 Å². The van der Waals surface area contributed by atoms with Crippen molar-refractivity contribution in [2.75, 3.05) is 38.0 Å². The van der Waals surface area contributed by atoms with E-state index in [0.717, 1.165) is 12.1 Å². The van der Waals surface area contributed by atoms with Gasteiger partial charge in [-0.1, -0.05) is 16.8 Å². The van der Waals surface area contributed by atoms with Crippen LogP contribution in [0.5, 0.6) is 0 Å². The van der Waals surface area contributed by atoms with E-state index in [-0.39, 0.29) is 23.0 Å². The summed E-state index contributed by atoms with van der Waals surface area (Å²) in [5.41, 5.74) is -0.0804. The summed E-state index contributed by atoms with van der Waals surface area (Å²) in [5.74, 6) is -2.00. The van der Waals surface area contributed by atoms with Crippen molar-refractivity contribution in [1.29, 1.82) is 0 Å². The maximum absolute atomic E-state index is 13.4. The minimum Gasteiger partial charge on any atom is -0.360 e. The molecule has 10 heteroatoms. The summed E-state index contributed by atoms with van der Waals surface area (Å²) in [6.45, 7) is 3.45. The summed E-state index contributed by atoms with van der Waals surface area (Å²) in [7, 11) is 0. The second-order valence-corrected chi connectivity index (χ2v) is 6.59. The van der Waals surface area contributed by atoms with Crippen LogP contribution in [0.1, 0.15) is 16.1 Å². The normalized spacial score (nSPS) is 15.0. The fraction of sp³-hybridized carbons (Fsp3) is 0.353. The summed E-state index contributed by atoms with van der Waals surface area (Å²) in [5, 5.41) is 6.18. The van der Waals surface area contributed by atoms with Crippen molar-refractivity contribution in [1.82, 2.24) is 15.0 Å². The Balaban J connectivity index is 1.53. The van der Waals surface area contributed by atoms with E-state index >= 15 is 0 Å². The van der Waals surface area contributed by atoms with Crippen LogP contribution in [0, 0.1) is 18.6 Å². The van der Waals surface area contributed by atoms with Crippen LogP contribution in [0.3, 0.4) is 0 Å². The van der Waals surface area contributed by atoms with Gasteiger partial charge in [0, 0.05) is 32.2 Å². The van der Waals surface area contributed by atoms with Crippen molar-refractivity contribution in [3.8, 4) is 0 Å². The molecule has 1 aliphatic heterocycles. The predicted molar refractivity (Wildman–Crippen MR) is 93.6 cm³/mol. The summed E-state index contributed by atoms with van der Waals surface area (Å²) in [6.07, 6.45) is 0. The van der Waals surface area contributed by atoms with Gasteiger partial charge in [0.1, 0.15) is 5.76 Å². The van der Waals surface area contributed by atoms with E-state index in [0.29, 0.717) is 37.8 Å². The third kappa shape index (κ3) is 4.61. The zero-order valence-electron chi connectivity index (χ0n) is 14.5. The van der Waals surface area contributed by atoms with E-state index in [1.807, 2.05) is 4.90 Å². The van der Waals surface area contributed by atoms with Gasteiger partial charge in [0.2, 0.25) is 5.91 Å². The molecule has 2 amide bonds. The number of rotatable bonds is 4. The lowest BCUT2D eigenvalue weighted by molar-refractivity contribution is -0.117. The van der Waals surface area contributed by atoms with Gasteiger partial charge in [-0.2, -0.15) is 0 Å². The molecule has 144 valence electrons. The number of halogens is 3. The third-order valence-corrected chi connectivity index (χ3v) is 4.48. The molecule has 2 heterocycles. The number of aromatic nitrogens is 1. The van der Waals surface area contributed by atoms with Crippen LogP contribution in [0.15, 0.2) is 22.7 Å². The van der Waals surface area contributed by atoms with Gasteiger partial charge in [0.25, 0.3) is 5.91 Å². The van der Waals surface area contributed by atoms with Gasteiger partial charge in [0.05, 0.1) is 17.1 Å². The molecular formula is C17H17ClF2N4O3. The zero-order chi connectivity index (χ0) is 19.6. The number of hydrogen-bond acceptors (Lipinski definition) is 5. The molecule has 7 nitrogen and oxygen atoms in total. The molecule has 0 aliphatic carbocycles. The molecule has 1 aromatic carbocycles. The maximum Gasteiger partial charge on any atom is 0.255 e. The average Bonchev–Trinajstić information content (AvgIpc) is 3.03. The summed E-state index contributed by atoms with van der Waals surface area (Å²) in [6, 6.07) is 3.20. The lowest BCUT2D eigenvalue weighted by Crippen LogP contribution is -2.50. The number of carbonyl (C=O) groups excluding carboxylic acids is 2. The Labute approximate surface area is 158 Å². The topological polar surface area (TPSA) is 78.7 Å². The minimum absolute atomic E-state index is 0.0804. The van der Waals surface area contributed by atoms with Gasteiger partial charge in [-0.15, -0.1) is 0 Å². The molecule has 1 fully saturated rings. The molecule has 27 heavy (non-hydrogen) atoms. The zero-order valence-corrected chi connectivity index (χ0v) is 15.2. The first kappa shape index (κ1) is 19.2. The molecular weight excluding hydrogens is 382 g/mol. The molecule has 0 atom stereocenters. The molecule has 0 saturated carbocycles. The maximum atomic E-state index is 13.4. The quantitative estimate of drug-likeness (QED) is 0.800. The molecule has 0 bridgehead atoms. The number of aryl methyl sites for hydroxylation is 1. The Hall–Kier alpha value is -2.52. The van der Waals surface area contributed by atoms with Gasteiger partial charge in [-0.05, 0) is 19.1 Å². The highest BCUT2D eigenvalue weighted by Gasteiger charge is 2.25.